The first-order valence-electron chi connectivity index (χ1n) is 4.56. The van der Waals surface area contributed by atoms with Crippen molar-refractivity contribution in [3.8, 4) is 0 Å². The van der Waals surface area contributed by atoms with Crippen LogP contribution in [-0.2, 0) is 13.1 Å². The third-order valence-corrected chi connectivity index (χ3v) is 2.12. The maximum atomic E-state index is 12.0. The van der Waals surface area contributed by atoms with Gasteiger partial charge in [0.05, 0.1) is 13.1 Å². The molecule has 0 saturated heterocycles. The van der Waals surface area contributed by atoms with Crippen molar-refractivity contribution < 1.29 is 4.39 Å². The minimum Gasteiger partial charge on any atom is -0.307 e. The van der Waals surface area contributed by atoms with Gasteiger partial charge in [-0.05, 0) is 12.8 Å². The van der Waals surface area contributed by atoms with Gasteiger partial charge in [0, 0.05) is 6.04 Å². The molecule has 0 unspecified atom stereocenters. The molecule has 1 saturated carbocycles. The molecule has 0 atom stereocenters. The number of rotatable bonds is 5. The lowest BCUT2D eigenvalue weighted by atomic mass is 10.5. The van der Waals surface area contributed by atoms with E-state index in [0.29, 0.717) is 19.1 Å². The molecule has 1 aromatic rings. The third-order valence-electron chi connectivity index (χ3n) is 2.12. The lowest BCUT2D eigenvalue weighted by Crippen LogP contribution is -2.19. The summed E-state index contributed by atoms with van der Waals surface area (Å²) in [7, 11) is 0. The van der Waals surface area contributed by atoms with Crippen molar-refractivity contribution in [3.63, 3.8) is 0 Å². The summed E-state index contributed by atoms with van der Waals surface area (Å²) in [5.41, 5.74) is 0. The van der Waals surface area contributed by atoms with E-state index in [-0.39, 0.29) is 6.67 Å². The number of halogens is 1. The fourth-order valence-corrected chi connectivity index (χ4v) is 1.21. The van der Waals surface area contributed by atoms with E-state index >= 15 is 0 Å². The van der Waals surface area contributed by atoms with Gasteiger partial charge in [-0.2, -0.15) is 5.10 Å². The molecule has 0 bridgehead atoms. The Kier molecular flexibility index (Phi) is 2.54. The number of nitrogens with one attached hydrogen (secondary N) is 1. The molecule has 4 nitrogen and oxygen atoms in total. The van der Waals surface area contributed by atoms with E-state index in [4.69, 9.17) is 0 Å². The van der Waals surface area contributed by atoms with Crippen LogP contribution < -0.4 is 5.32 Å². The van der Waals surface area contributed by atoms with Gasteiger partial charge >= 0.3 is 0 Å². The van der Waals surface area contributed by atoms with Crippen LogP contribution in [0, 0.1) is 0 Å². The Morgan fingerprint density at radius 1 is 1.62 bits per heavy atom. The molecule has 2 rings (SSSR count). The van der Waals surface area contributed by atoms with Crippen molar-refractivity contribution in [1.29, 1.82) is 0 Å². The average molecular weight is 184 g/mol. The second-order valence-corrected chi connectivity index (χ2v) is 3.24. The number of hydrogen-bond donors (Lipinski definition) is 1. The van der Waals surface area contributed by atoms with Crippen molar-refractivity contribution >= 4 is 0 Å². The zero-order valence-corrected chi connectivity index (χ0v) is 7.41. The summed E-state index contributed by atoms with van der Waals surface area (Å²) in [6.45, 7) is 0.617. The number of aromatic nitrogens is 3. The van der Waals surface area contributed by atoms with E-state index in [1.165, 1.54) is 19.2 Å². The molecule has 0 spiro atoms. The summed E-state index contributed by atoms with van der Waals surface area (Å²) >= 11 is 0. The van der Waals surface area contributed by atoms with E-state index in [9.17, 15) is 4.39 Å². The van der Waals surface area contributed by atoms with Gasteiger partial charge in [-0.3, -0.25) is 0 Å². The van der Waals surface area contributed by atoms with Gasteiger partial charge in [0.15, 0.2) is 0 Å². The molecule has 0 aromatic carbocycles. The summed E-state index contributed by atoms with van der Waals surface area (Å²) in [6, 6.07) is 0.649. The molecule has 1 N–H and O–H groups in total. The molecule has 1 aromatic heterocycles. The minimum absolute atomic E-state index is 0.307. The van der Waals surface area contributed by atoms with Crippen LogP contribution in [0.1, 0.15) is 18.7 Å². The Hall–Kier alpha value is -0.970. The minimum atomic E-state index is -0.389. The van der Waals surface area contributed by atoms with Gasteiger partial charge in [0.1, 0.15) is 18.8 Å². The molecule has 1 heterocycles. The second kappa shape index (κ2) is 3.83. The summed E-state index contributed by atoms with van der Waals surface area (Å²) in [5.74, 6) is 0.824. The van der Waals surface area contributed by atoms with Crippen LogP contribution in [-0.4, -0.2) is 27.5 Å². The number of nitrogens with zero attached hydrogens (tertiary/aromatic N) is 3. The van der Waals surface area contributed by atoms with Crippen molar-refractivity contribution in [2.75, 3.05) is 6.67 Å². The standard InChI is InChI=1S/C8H13FN4/c9-3-4-13-8(11-6-12-13)5-10-7-1-2-7/h6-7,10H,1-5H2. The highest BCUT2D eigenvalue weighted by Crippen LogP contribution is 2.18. The quantitative estimate of drug-likeness (QED) is 0.724. The smallest absolute Gasteiger partial charge is 0.140 e. The van der Waals surface area contributed by atoms with Gasteiger partial charge in [-0.15, -0.1) is 0 Å². The molecule has 0 aliphatic heterocycles. The molecular weight excluding hydrogens is 171 g/mol. The van der Waals surface area contributed by atoms with Crippen molar-refractivity contribution in [3.05, 3.63) is 12.2 Å². The predicted molar refractivity (Wildman–Crippen MR) is 45.9 cm³/mol. The Bertz CT molecular complexity index is 269. The van der Waals surface area contributed by atoms with Gasteiger partial charge in [0.25, 0.3) is 0 Å². The zero-order chi connectivity index (χ0) is 9.10. The largest absolute Gasteiger partial charge is 0.307 e. The maximum Gasteiger partial charge on any atom is 0.140 e. The summed E-state index contributed by atoms with van der Waals surface area (Å²) in [6.07, 6.45) is 3.97. The van der Waals surface area contributed by atoms with Gasteiger partial charge in [0.2, 0.25) is 0 Å². The summed E-state index contributed by atoms with van der Waals surface area (Å²) in [4.78, 5) is 4.06. The number of alkyl halides is 1. The molecular formula is C8H13FN4. The summed E-state index contributed by atoms with van der Waals surface area (Å²) in [5, 5.41) is 7.24. The Labute approximate surface area is 76.2 Å². The molecule has 1 aliphatic carbocycles. The van der Waals surface area contributed by atoms with Gasteiger partial charge < -0.3 is 5.32 Å². The normalized spacial score (nSPS) is 16.4. The van der Waals surface area contributed by atoms with Crippen LogP contribution >= 0.6 is 0 Å². The zero-order valence-electron chi connectivity index (χ0n) is 7.41. The van der Waals surface area contributed by atoms with Crippen molar-refractivity contribution in [2.24, 2.45) is 0 Å². The van der Waals surface area contributed by atoms with Gasteiger partial charge in [-0.1, -0.05) is 0 Å². The fraction of sp³-hybridized carbons (Fsp3) is 0.750. The SMILES string of the molecule is FCCn1ncnc1CNC1CC1. The Morgan fingerprint density at radius 3 is 3.15 bits per heavy atom. The molecule has 13 heavy (non-hydrogen) atoms. The highest BCUT2D eigenvalue weighted by molar-refractivity contribution is 4.88. The van der Waals surface area contributed by atoms with Crippen LogP contribution in [0.3, 0.4) is 0 Å². The molecule has 0 amide bonds. The van der Waals surface area contributed by atoms with Crippen LogP contribution in [0.2, 0.25) is 0 Å². The van der Waals surface area contributed by atoms with E-state index in [1.807, 2.05) is 0 Å². The van der Waals surface area contributed by atoms with Crippen LogP contribution in [0.15, 0.2) is 6.33 Å². The highest BCUT2D eigenvalue weighted by atomic mass is 19.1. The molecule has 1 aliphatic rings. The van der Waals surface area contributed by atoms with Crippen molar-refractivity contribution in [1.82, 2.24) is 20.1 Å². The van der Waals surface area contributed by atoms with E-state index in [2.05, 4.69) is 15.4 Å². The first-order valence-corrected chi connectivity index (χ1v) is 4.56. The molecule has 72 valence electrons. The molecule has 5 heteroatoms. The summed E-state index contributed by atoms with van der Waals surface area (Å²) < 4.78 is 13.6. The van der Waals surface area contributed by atoms with E-state index in [1.54, 1.807) is 4.68 Å². The average Bonchev–Trinajstić information content (AvgIpc) is 2.86. The van der Waals surface area contributed by atoms with Crippen LogP contribution in [0.4, 0.5) is 4.39 Å². The van der Waals surface area contributed by atoms with Crippen LogP contribution in [0.25, 0.3) is 0 Å². The Morgan fingerprint density at radius 2 is 2.46 bits per heavy atom. The monoisotopic (exact) mass is 184 g/mol. The van der Waals surface area contributed by atoms with Crippen molar-refractivity contribution in [2.45, 2.75) is 32.0 Å². The van der Waals surface area contributed by atoms with E-state index in [0.717, 1.165) is 5.82 Å². The first kappa shape index (κ1) is 8.62. The Balaban J connectivity index is 1.88. The lowest BCUT2D eigenvalue weighted by molar-refractivity contribution is 0.415. The number of aryl methyl sites for hydroxylation is 1. The first-order chi connectivity index (χ1) is 6.40. The van der Waals surface area contributed by atoms with Crippen LogP contribution in [0.5, 0.6) is 0 Å². The second-order valence-electron chi connectivity index (χ2n) is 3.24. The maximum absolute atomic E-state index is 12.0. The highest BCUT2D eigenvalue weighted by Gasteiger charge is 2.20. The third kappa shape index (κ3) is 2.24. The molecule has 0 radical (unpaired) electrons. The lowest BCUT2D eigenvalue weighted by Gasteiger charge is -2.03. The molecule has 1 fully saturated rings. The fourth-order valence-electron chi connectivity index (χ4n) is 1.21. The predicted octanol–water partition coefficient (Wildman–Crippen LogP) is 0.500. The topological polar surface area (TPSA) is 42.7 Å². The van der Waals surface area contributed by atoms with E-state index < -0.39 is 0 Å². The van der Waals surface area contributed by atoms with Gasteiger partial charge in [-0.25, -0.2) is 14.1 Å². The number of hydrogen-bond acceptors (Lipinski definition) is 3.